The number of carboxylic acids is 1. The van der Waals surface area contributed by atoms with Crippen LogP contribution >= 0.6 is 0 Å². The van der Waals surface area contributed by atoms with Gasteiger partial charge in [0.15, 0.2) is 0 Å². The predicted molar refractivity (Wildman–Crippen MR) is 81.5 cm³/mol. The van der Waals surface area contributed by atoms with E-state index in [0.717, 1.165) is 25.7 Å². The summed E-state index contributed by atoms with van der Waals surface area (Å²) >= 11 is 0. The van der Waals surface area contributed by atoms with Crippen LogP contribution < -0.4 is 11.1 Å². The van der Waals surface area contributed by atoms with Gasteiger partial charge in [0.2, 0.25) is 0 Å². The maximum atomic E-state index is 11.1. The minimum absolute atomic E-state index is 0.0804. The molecule has 6 nitrogen and oxygen atoms in total. The number of pyridine rings is 1. The maximum absolute atomic E-state index is 11.1. The first kappa shape index (κ1) is 15.6. The lowest BCUT2D eigenvalue weighted by molar-refractivity contribution is -0.0864. The highest BCUT2D eigenvalue weighted by Gasteiger charge is 2.34. The van der Waals surface area contributed by atoms with Gasteiger partial charge >= 0.3 is 5.97 Å². The Hall–Kier alpha value is -1.82. The van der Waals surface area contributed by atoms with Crippen molar-refractivity contribution in [3.8, 4) is 0 Å². The van der Waals surface area contributed by atoms with Crippen LogP contribution in [-0.4, -0.2) is 34.3 Å². The molecule has 1 unspecified atom stereocenters. The second-order valence-corrected chi connectivity index (χ2v) is 5.50. The number of hydrogen-bond acceptors (Lipinski definition) is 5. The molecular formula is C15H23N3O3. The van der Waals surface area contributed by atoms with Crippen molar-refractivity contribution < 1.29 is 14.6 Å². The Bertz CT molecular complexity index is 515. The van der Waals surface area contributed by atoms with E-state index in [-0.39, 0.29) is 22.9 Å². The molecule has 2 heterocycles. The van der Waals surface area contributed by atoms with Crippen molar-refractivity contribution in [1.29, 1.82) is 0 Å². The van der Waals surface area contributed by atoms with Crippen LogP contribution in [0.15, 0.2) is 12.3 Å². The van der Waals surface area contributed by atoms with Crippen molar-refractivity contribution in [2.45, 2.75) is 51.2 Å². The molecule has 2 rings (SSSR count). The van der Waals surface area contributed by atoms with Gasteiger partial charge in [0.25, 0.3) is 0 Å². The molecule has 1 aromatic rings. The monoisotopic (exact) mass is 293 g/mol. The van der Waals surface area contributed by atoms with Crippen LogP contribution in [0.2, 0.25) is 0 Å². The number of carboxylic acid groups (broad SMARTS) is 1. The number of nitrogens with one attached hydrogen (secondary N) is 1. The minimum atomic E-state index is -1.04. The quantitative estimate of drug-likeness (QED) is 0.771. The molecule has 0 aliphatic carbocycles. The number of aromatic nitrogens is 1. The smallest absolute Gasteiger partial charge is 0.337 e. The van der Waals surface area contributed by atoms with Crippen molar-refractivity contribution in [3.63, 3.8) is 0 Å². The molecule has 0 bridgehead atoms. The zero-order valence-electron chi connectivity index (χ0n) is 12.6. The van der Waals surface area contributed by atoms with Crippen molar-refractivity contribution in [3.05, 3.63) is 17.8 Å². The summed E-state index contributed by atoms with van der Waals surface area (Å²) in [5.74, 6) is -0.593. The number of anilines is 2. The van der Waals surface area contributed by atoms with Crippen molar-refractivity contribution in [2.75, 3.05) is 17.7 Å². The second-order valence-electron chi connectivity index (χ2n) is 5.50. The largest absolute Gasteiger partial charge is 0.478 e. The van der Waals surface area contributed by atoms with Gasteiger partial charge in [0, 0.05) is 18.8 Å². The zero-order chi connectivity index (χ0) is 15.5. The van der Waals surface area contributed by atoms with E-state index in [1.54, 1.807) is 0 Å². The van der Waals surface area contributed by atoms with Crippen LogP contribution in [0.4, 0.5) is 11.5 Å². The van der Waals surface area contributed by atoms with E-state index in [0.29, 0.717) is 12.4 Å². The third-order valence-electron chi connectivity index (χ3n) is 4.34. The summed E-state index contributed by atoms with van der Waals surface area (Å²) in [6, 6.07) is 1.60. The van der Waals surface area contributed by atoms with Crippen LogP contribution in [-0.2, 0) is 4.74 Å². The lowest BCUT2D eigenvalue weighted by Crippen LogP contribution is -2.43. The highest BCUT2D eigenvalue weighted by atomic mass is 16.5. The highest BCUT2D eigenvalue weighted by molar-refractivity contribution is 5.96. The zero-order valence-corrected chi connectivity index (χ0v) is 12.6. The first-order valence-corrected chi connectivity index (χ1v) is 7.39. The maximum Gasteiger partial charge on any atom is 0.337 e. The Kier molecular flexibility index (Phi) is 4.67. The van der Waals surface area contributed by atoms with Crippen molar-refractivity contribution in [2.24, 2.45) is 0 Å². The number of carbonyl (C=O) groups is 1. The van der Waals surface area contributed by atoms with E-state index in [9.17, 15) is 4.79 Å². The molecule has 116 valence electrons. The second kappa shape index (κ2) is 6.30. The SMILES string of the molecule is CCC1(CC)CC(Nc2nccc(C(=O)O)c2N)CCO1. The first-order valence-electron chi connectivity index (χ1n) is 7.39. The van der Waals surface area contributed by atoms with Gasteiger partial charge < -0.3 is 20.9 Å². The van der Waals surface area contributed by atoms with Crippen molar-refractivity contribution in [1.82, 2.24) is 4.98 Å². The average Bonchev–Trinajstić information content (AvgIpc) is 2.49. The van der Waals surface area contributed by atoms with E-state index >= 15 is 0 Å². The summed E-state index contributed by atoms with van der Waals surface area (Å²) in [5.41, 5.74) is 6.07. The van der Waals surface area contributed by atoms with Gasteiger partial charge in [-0.2, -0.15) is 0 Å². The van der Waals surface area contributed by atoms with E-state index in [2.05, 4.69) is 24.1 Å². The topological polar surface area (TPSA) is 97.5 Å². The fourth-order valence-electron chi connectivity index (χ4n) is 2.86. The van der Waals surface area contributed by atoms with Gasteiger partial charge in [-0.15, -0.1) is 0 Å². The third-order valence-corrected chi connectivity index (χ3v) is 4.34. The number of aromatic carboxylic acids is 1. The normalized spacial score (nSPS) is 21.0. The molecule has 1 fully saturated rings. The van der Waals surface area contributed by atoms with Gasteiger partial charge in [0.1, 0.15) is 5.82 Å². The summed E-state index contributed by atoms with van der Waals surface area (Å²) < 4.78 is 5.94. The fraction of sp³-hybridized carbons (Fsp3) is 0.600. The molecule has 1 saturated heterocycles. The van der Waals surface area contributed by atoms with E-state index < -0.39 is 5.97 Å². The molecule has 0 aromatic carbocycles. The molecule has 21 heavy (non-hydrogen) atoms. The van der Waals surface area contributed by atoms with Gasteiger partial charge in [0.05, 0.1) is 16.9 Å². The van der Waals surface area contributed by atoms with E-state index in [4.69, 9.17) is 15.6 Å². The molecule has 1 aliphatic heterocycles. The number of nitrogen functional groups attached to an aromatic ring is 1. The van der Waals surface area contributed by atoms with Crippen LogP contribution in [0.5, 0.6) is 0 Å². The molecule has 0 spiro atoms. The predicted octanol–water partition coefficient (Wildman–Crippen LogP) is 2.51. The standard InChI is InChI=1S/C15H23N3O3/c1-3-15(4-2)9-10(6-8-21-15)18-13-12(16)11(14(19)20)5-7-17-13/h5,7,10H,3-4,6,8-9,16H2,1-2H3,(H,17,18)(H,19,20). The van der Waals surface area contributed by atoms with Crippen LogP contribution in [0.25, 0.3) is 0 Å². The molecule has 6 heteroatoms. The van der Waals surface area contributed by atoms with Crippen LogP contribution in [0.3, 0.4) is 0 Å². The fourth-order valence-corrected chi connectivity index (χ4v) is 2.86. The Morgan fingerprint density at radius 2 is 2.29 bits per heavy atom. The van der Waals surface area contributed by atoms with E-state index in [1.165, 1.54) is 12.3 Å². The Morgan fingerprint density at radius 1 is 1.57 bits per heavy atom. The molecule has 0 radical (unpaired) electrons. The lowest BCUT2D eigenvalue weighted by Gasteiger charge is -2.40. The molecule has 1 atom stereocenters. The summed E-state index contributed by atoms with van der Waals surface area (Å²) in [6.07, 6.45) is 5.12. The van der Waals surface area contributed by atoms with Gasteiger partial charge in [-0.05, 0) is 31.7 Å². The number of ether oxygens (including phenoxy) is 1. The van der Waals surface area contributed by atoms with Crippen molar-refractivity contribution >= 4 is 17.5 Å². The third kappa shape index (κ3) is 3.26. The Labute approximate surface area is 124 Å². The molecular weight excluding hydrogens is 270 g/mol. The Morgan fingerprint density at radius 3 is 2.90 bits per heavy atom. The molecule has 0 amide bonds. The Balaban J connectivity index is 2.15. The molecule has 1 aromatic heterocycles. The summed E-state index contributed by atoms with van der Waals surface area (Å²) in [5, 5.41) is 12.4. The van der Waals surface area contributed by atoms with Gasteiger partial charge in [-0.1, -0.05) is 13.8 Å². The van der Waals surface area contributed by atoms with Crippen LogP contribution in [0, 0.1) is 0 Å². The van der Waals surface area contributed by atoms with Gasteiger partial charge in [-0.3, -0.25) is 0 Å². The summed E-state index contributed by atoms with van der Waals surface area (Å²) in [6.45, 7) is 4.95. The lowest BCUT2D eigenvalue weighted by atomic mass is 9.86. The van der Waals surface area contributed by atoms with Crippen LogP contribution in [0.1, 0.15) is 49.9 Å². The average molecular weight is 293 g/mol. The number of nitrogens with two attached hydrogens (primary N) is 1. The highest BCUT2D eigenvalue weighted by Crippen LogP contribution is 2.33. The number of rotatable bonds is 5. The molecule has 1 aliphatic rings. The number of hydrogen-bond donors (Lipinski definition) is 3. The molecule has 4 N–H and O–H groups in total. The van der Waals surface area contributed by atoms with Gasteiger partial charge in [-0.25, -0.2) is 9.78 Å². The number of nitrogens with zero attached hydrogens (tertiary/aromatic N) is 1. The summed E-state index contributed by atoms with van der Waals surface area (Å²) in [7, 11) is 0. The summed E-state index contributed by atoms with van der Waals surface area (Å²) in [4.78, 5) is 15.3. The van der Waals surface area contributed by atoms with E-state index in [1.807, 2.05) is 0 Å². The minimum Gasteiger partial charge on any atom is -0.478 e. The molecule has 0 saturated carbocycles. The first-order chi connectivity index (χ1) is 10.0.